The SMILES string of the molecule is CC(N)Cc1c(O)ccc(F)c1F. The summed E-state index contributed by atoms with van der Waals surface area (Å²) < 4.78 is 25.7. The van der Waals surface area contributed by atoms with Crippen LogP contribution >= 0.6 is 0 Å². The molecule has 0 bridgehead atoms. The van der Waals surface area contributed by atoms with Gasteiger partial charge in [0.15, 0.2) is 11.6 Å². The Kier molecular flexibility index (Phi) is 2.83. The molecule has 0 heterocycles. The topological polar surface area (TPSA) is 46.2 Å². The maximum atomic E-state index is 13.0. The lowest BCUT2D eigenvalue weighted by Crippen LogP contribution is -2.18. The van der Waals surface area contributed by atoms with Crippen molar-refractivity contribution in [3.05, 3.63) is 29.3 Å². The molecule has 0 aliphatic heterocycles. The van der Waals surface area contributed by atoms with Gasteiger partial charge in [0.25, 0.3) is 0 Å². The molecule has 0 aliphatic rings. The second kappa shape index (κ2) is 3.70. The maximum Gasteiger partial charge on any atom is 0.165 e. The highest BCUT2D eigenvalue weighted by Crippen LogP contribution is 2.23. The Hall–Kier alpha value is -1.16. The van der Waals surface area contributed by atoms with E-state index >= 15 is 0 Å². The van der Waals surface area contributed by atoms with Gasteiger partial charge in [-0.2, -0.15) is 0 Å². The molecule has 0 saturated heterocycles. The van der Waals surface area contributed by atoms with Crippen molar-refractivity contribution >= 4 is 0 Å². The zero-order chi connectivity index (χ0) is 10.0. The van der Waals surface area contributed by atoms with Crippen molar-refractivity contribution in [2.45, 2.75) is 19.4 Å². The van der Waals surface area contributed by atoms with Crippen LogP contribution in [-0.2, 0) is 6.42 Å². The summed E-state index contributed by atoms with van der Waals surface area (Å²) in [5, 5.41) is 9.20. The van der Waals surface area contributed by atoms with Gasteiger partial charge in [-0.1, -0.05) is 0 Å². The Morgan fingerprint density at radius 1 is 1.46 bits per heavy atom. The molecule has 2 nitrogen and oxygen atoms in total. The summed E-state index contributed by atoms with van der Waals surface area (Å²) in [5.74, 6) is -2.23. The summed E-state index contributed by atoms with van der Waals surface area (Å²) >= 11 is 0. The Balaban J connectivity index is 3.10. The van der Waals surface area contributed by atoms with Crippen molar-refractivity contribution in [1.29, 1.82) is 0 Å². The fraction of sp³-hybridized carbons (Fsp3) is 0.333. The van der Waals surface area contributed by atoms with Gasteiger partial charge in [-0.15, -0.1) is 0 Å². The monoisotopic (exact) mass is 187 g/mol. The van der Waals surface area contributed by atoms with Gasteiger partial charge in [0, 0.05) is 11.6 Å². The van der Waals surface area contributed by atoms with E-state index in [2.05, 4.69) is 0 Å². The molecule has 4 heteroatoms. The van der Waals surface area contributed by atoms with Gasteiger partial charge < -0.3 is 10.8 Å². The Labute approximate surface area is 75.0 Å². The molecule has 1 rings (SSSR count). The highest BCUT2D eigenvalue weighted by Gasteiger charge is 2.13. The fourth-order valence-electron chi connectivity index (χ4n) is 1.10. The summed E-state index contributed by atoms with van der Waals surface area (Å²) in [6, 6.07) is 1.69. The van der Waals surface area contributed by atoms with Crippen LogP contribution in [-0.4, -0.2) is 11.1 Å². The van der Waals surface area contributed by atoms with Crippen molar-refractivity contribution in [3.63, 3.8) is 0 Å². The number of benzene rings is 1. The summed E-state index contributed by atoms with van der Waals surface area (Å²) in [6.45, 7) is 1.66. The van der Waals surface area contributed by atoms with E-state index in [1.165, 1.54) is 0 Å². The molecular formula is C9H11F2NO. The summed E-state index contributed by atoms with van der Waals surface area (Å²) in [6.07, 6.45) is 0.120. The van der Waals surface area contributed by atoms with Gasteiger partial charge in [0.2, 0.25) is 0 Å². The Morgan fingerprint density at radius 2 is 2.08 bits per heavy atom. The lowest BCUT2D eigenvalue weighted by atomic mass is 10.1. The van der Waals surface area contributed by atoms with Gasteiger partial charge in [-0.3, -0.25) is 0 Å². The van der Waals surface area contributed by atoms with Gasteiger partial charge in [0.05, 0.1) is 0 Å². The van der Waals surface area contributed by atoms with Crippen molar-refractivity contribution in [2.75, 3.05) is 0 Å². The van der Waals surface area contributed by atoms with Crippen LogP contribution in [0.4, 0.5) is 8.78 Å². The predicted molar refractivity (Wildman–Crippen MR) is 45.4 cm³/mol. The predicted octanol–water partition coefficient (Wildman–Crippen LogP) is 1.56. The molecule has 1 aromatic rings. The molecule has 0 radical (unpaired) electrons. The molecule has 0 amide bonds. The van der Waals surface area contributed by atoms with Crippen LogP contribution in [0, 0.1) is 11.6 Å². The molecule has 72 valence electrons. The second-order valence-corrected chi connectivity index (χ2v) is 3.04. The van der Waals surface area contributed by atoms with Gasteiger partial charge in [0.1, 0.15) is 5.75 Å². The number of hydrogen-bond donors (Lipinski definition) is 2. The minimum absolute atomic E-state index is 0.0602. The van der Waals surface area contributed by atoms with Crippen LogP contribution in [0.1, 0.15) is 12.5 Å². The fourth-order valence-corrected chi connectivity index (χ4v) is 1.10. The van der Waals surface area contributed by atoms with Crippen molar-refractivity contribution < 1.29 is 13.9 Å². The number of nitrogens with two attached hydrogens (primary N) is 1. The average molecular weight is 187 g/mol. The van der Waals surface area contributed by atoms with Gasteiger partial charge in [-0.25, -0.2) is 8.78 Å². The standard InChI is InChI=1S/C9H11F2NO/c1-5(12)4-6-8(13)3-2-7(10)9(6)11/h2-3,5,13H,4,12H2,1H3. The van der Waals surface area contributed by atoms with Crippen LogP contribution in [0.15, 0.2) is 12.1 Å². The molecule has 0 aliphatic carbocycles. The largest absolute Gasteiger partial charge is 0.508 e. The lowest BCUT2D eigenvalue weighted by molar-refractivity contribution is 0.438. The van der Waals surface area contributed by atoms with E-state index in [0.717, 1.165) is 12.1 Å². The van der Waals surface area contributed by atoms with Crippen LogP contribution in [0.25, 0.3) is 0 Å². The highest BCUT2D eigenvalue weighted by molar-refractivity contribution is 5.34. The Morgan fingerprint density at radius 3 is 2.62 bits per heavy atom. The minimum atomic E-state index is -1.02. The number of hydrogen-bond acceptors (Lipinski definition) is 2. The molecular weight excluding hydrogens is 176 g/mol. The Bertz CT molecular complexity index is 313. The van der Waals surface area contributed by atoms with E-state index in [9.17, 15) is 13.9 Å². The third kappa shape index (κ3) is 2.15. The molecule has 0 spiro atoms. The third-order valence-electron chi connectivity index (χ3n) is 1.70. The summed E-state index contributed by atoms with van der Waals surface area (Å²) in [4.78, 5) is 0. The highest BCUT2D eigenvalue weighted by atomic mass is 19.2. The number of rotatable bonds is 2. The molecule has 3 N–H and O–H groups in total. The number of phenolic OH excluding ortho intramolecular Hbond substituents is 1. The molecule has 1 unspecified atom stereocenters. The first kappa shape index (κ1) is 9.92. The maximum absolute atomic E-state index is 13.0. The normalized spacial score (nSPS) is 12.9. The smallest absolute Gasteiger partial charge is 0.165 e. The van der Waals surface area contributed by atoms with Crippen LogP contribution in [0.5, 0.6) is 5.75 Å². The summed E-state index contributed by atoms with van der Waals surface area (Å²) in [5.41, 5.74) is 5.35. The number of aromatic hydroxyl groups is 1. The average Bonchev–Trinajstić information content (AvgIpc) is 2.05. The van der Waals surface area contributed by atoms with E-state index < -0.39 is 11.6 Å². The van der Waals surface area contributed by atoms with Crippen molar-refractivity contribution in [3.8, 4) is 5.75 Å². The van der Waals surface area contributed by atoms with E-state index in [4.69, 9.17) is 5.73 Å². The molecule has 13 heavy (non-hydrogen) atoms. The zero-order valence-corrected chi connectivity index (χ0v) is 7.22. The first-order chi connectivity index (χ1) is 6.02. The first-order valence-corrected chi connectivity index (χ1v) is 3.93. The number of halogens is 2. The molecule has 0 aromatic heterocycles. The summed E-state index contributed by atoms with van der Waals surface area (Å²) in [7, 11) is 0. The van der Waals surface area contributed by atoms with E-state index in [-0.39, 0.29) is 23.8 Å². The van der Waals surface area contributed by atoms with Crippen molar-refractivity contribution in [2.24, 2.45) is 5.73 Å². The van der Waals surface area contributed by atoms with E-state index in [0.29, 0.717) is 0 Å². The number of phenols is 1. The van der Waals surface area contributed by atoms with Gasteiger partial charge >= 0.3 is 0 Å². The van der Waals surface area contributed by atoms with Crippen LogP contribution < -0.4 is 5.73 Å². The quantitative estimate of drug-likeness (QED) is 0.738. The first-order valence-electron chi connectivity index (χ1n) is 3.93. The minimum Gasteiger partial charge on any atom is -0.508 e. The van der Waals surface area contributed by atoms with Crippen LogP contribution in [0.3, 0.4) is 0 Å². The molecule has 1 atom stereocenters. The van der Waals surface area contributed by atoms with Gasteiger partial charge in [-0.05, 0) is 25.5 Å². The lowest BCUT2D eigenvalue weighted by Gasteiger charge is -2.08. The third-order valence-corrected chi connectivity index (χ3v) is 1.70. The molecule has 0 saturated carbocycles. The van der Waals surface area contributed by atoms with Crippen molar-refractivity contribution in [1.82, 2.24) is 0 Å². The zero-order valence-electron chi connectivity index (χ0n) is 7.22. The molecule has 1 aromatic carbocycles. The van der Waals surface area contributed by atoms with E-state index in [1.807, 2.05) is 0 Å². The second-order valence-electron chi connectivity index (χ2n) is 3.04. The van der Waals surface area contributed by atoms with E-state index in [1.54, 1.807) is 6.92 Å². The molecule has 0 fully saturated rings. The van der Waals surface area contributed by atoms with Crippen LogP contribution in [0.2, 0.25) is 0 Å².